The molecule has 9 nitrogen and oxygen atoms in total. The van der Waals surface area contributed by atoms with E-state index in [0.717, 1.165) is 27.6 Å². The van der Waals surface area contributed by atoms with Crippen LogP contribution in [0.5, 0.6) is 11.5 Å². The molecule has 9 heteroatoms. The van der Waals surface area contributed by atoms with Crippen molar-refractivity contribution < 1.29 is 23.9 Å². The van der Waals surface area contributed by atoms with Crippen LogP contribution in [0.3, 0.4) is 0 Å². The molecule has 3 aromatic rings. The first-order valence-corrected chi connectivity index (χ1v) is 10.5. The van der Waals surface area contributed by atoms with E-state index in [4.69, 9.17) is 9.47 Å². The number of hydrogen-bond acceptors (Lipinski definition) is 5. The number of amides is 4. The zero-order chi connectivity index (χ0) is 24.2. The summed E-state index contributed by atoms with van der Waals surface area (Å²) in [6, 6.07) is 15.6. The van der Waals surface area contributed by atoms with E-state index in [1.54, 1.807) is 44.6 Å². The number of urea groups is 1. The molecule has 0 bridgehead atoms. The Hall–Kier alpha value is -4.53. The van der Waals surface area contributed by atoms with E-state index < -0.39 is 24.4 Å². The number of carbonyl (C=O) groups excluding carboxylic acids is 3. The Balaban J connectivity index is 1.45. The van der Waals surface area contributed by atoms with Crippen molar-refractivity contribution >= 4 is 29.6 Å². The van der Waals surface area contributed by atoms with Crippen molar-refractivity contribution in [2.45, 2.75) is 6.92 Å². The summed E-state index contributed by atoms with van der Waals surface area (Å²) in [6.07, 6.45) is 3.46. The molecule has 0 aliphatic carbocycles. The highest BCUT2D eigenvalue weighted by Crippen LogP contribution is 2.21. The van der Waals surface area contributed by atoms with E-state index in [2.05, 4.69) is 10.6 Å². The molecule has 1 aliphatic heterocycles. The van der Waals surface area contributed by atoms with E-state index in [-0.39, 0.29) is 5.70 Å². The monoisotopic (exact) mass is 460 g/mol. The van der Waals surface area contributed by atoms with Crippen molar-refractivity contribution in [3.8, 4) is 17.2 Å². The highest BCUT2D eigenvalue weighted by molar-refractivity contribution is 6.15. The van der Waals surface area contributed by atoms with Crippen molar-refractivity contribution in [2.75, 3.05) is 26.1 Å². The van der Waals surface area contributed by atoms with Gasteiger partial charge in [0, 0.05) is 23.3 Å². The van der Waals surface area contributed by atoms with Crippen LogP contribution in [0.4, 0.5) is 10.5 Å². The quantitative estimate of drug-likeness (QED) is 0.416. The first-order valence-electron chi connectivity index (χ1n) is 10.5. The predicted octanol–water partition coefficient (Wildman–Crippen LogP) is 3.33. The van der Waals surface area contributed by atoms with Crippen LogP contribution < -0.4 is 20.1 Å². The van der Waals surface area contributed by atoms with Crippen molar-refractivity contribution in [2.24, 2.45) is 0 Å². The van der Waals surface area contributed by atoms with Gasteiger partial charge in [0.1, 0.15) is 23.7 Å². The van der Waals surface area contributed by atoms with Gasteiger partial charge in [0.2, 0.25) is 5.91 Å². The second kappa shape index (κ2) is 9.53. The molecule has 1 saturated heterocycles. The molecular formula is C25H24N4O5. The summed E-state index contributed by atoms with van der Waals surface area (Å²) >= 11 is 0. The minimum Gasteiger partial charge on any atom is -0.497 e. The number of aryl methyl sites for hydroxylation is 1. The summed E-state index contributed by atoms with van der Waals surface area (Å²) in [5, 5.41) is 5.21. The molecule has 174 valence electrons. The molecule has 34 heavy (non-hydrogen) atoms. The lowest BCUT2D eigenvalue weighted by Gasteiger charge is -2.12. The number of rotatable bonds is 7. The smallest absolute Gasteiger partial charge is 0.329 e. The van der Waals surface area contributed by atoms with Crippen LogP contribution in [0.25, 0.3) is 11.8 Å². The largest absolute Gasteiger partial charge is 0.497 e. The molecule has 1 aromatic heterocycles. The topological polar surface area (TPSA) is 102 Å². The normalized spacial score (nSPS) is 14.3. The number of aromatic nitrogens is 1. The van der Waals surface area contributed by atoms with Crippen molar-refractivity contribution in [3.63, 3.8) is 0 Å². The molecule has 0 saturated carbocycles. The number of ether oxygens (including phenoxy) is 2. The third-order valence-corrected chi connectivity index (χ3v) is 5.33. The van der Waals surface area contributed by atoms with E-state index in [9.17, 15) is 14.4 Å². The van der Waals surface area contributed by atoms with E-state index >= 15 is 0 Å². The van der Waals surface area contributed by atoms with E-state index in [0.29, 0.717) is 11.4 Å². The molecule has 2 aromatic carbocycles. The van der Waals surface area contributed by atoms with Crippen LogP contribution in [0.1, 0.15) is 11.3 Å². The summed E-state index contributed by atoms with van der Waals surface area (Å²) < 4.78 is 12.2. The van der Waals surface area contributed by atoms with Gasteiger partial charge < -0.3 is 24.7 Å². The van der Waals surface area contributed by atoms with Crippen LogP contribution in [0.15, 0.2) is 66.5 Å². The number of nitrogens with one attached hydrogen (secondary N) is 2. The maximum Gasteiger partial charge on any atom is 0.329 e. The van der Waals surface area contributed by atoms with Gasteiger partial charge in [-0.3, -0.25) is 9.59 Å². The molecule has 1 aliphatic rings. The van der Waals surface area contributed by atoms with Gasteiger partial charge in [-0.2, -0.15) is 0 Å². The number of hydrogen-bond donors (Lipinski definition) is 2. The number of benzene rings is 2. The molecule has 0 unspecified atom stereocenters. The van der Waals surface area contributed by atoms with Gasteiger partial charge in [0.05, 0.1) is 14.2 Å². The summed E-state index contributed by atoms with van der Waals surface area (Å²) in [4.78, 5) is 38.4. The lowest BCUT2D eigenvalue weighted by molar-refractivity contribution is -0.127. The first kappa shape index (κ1) is 22.7. The summed E-state index contributed by atoms with van der Waals surface area (Å²) in [7, 11) is 3.16. The number of carbonyl (C=O) groups is 3. The van der Waals surface area contributed by atoms with Crippen LogP contribution in [-0.2, 0) is 9.59 Å². The van der Waals surface area contributed by atoms with Gasteiger partial charge in [-0.15, -0.1) is 0 Å². The van der Waals surface area contributed by atoms with Gasteiger partial charge >= 0.3 is 6.03 Å². The number of imide groups is 1. The second-order valence-electron chi connectivity index (χ2n) is 7.64. The summed E-state index contributed by atoms with van der Waals surface area (Å²) in [5.74, 6) is 0.352. The van der Waals surface area contributed by atoms with Gasteiger partial charge in [-0.25, -0.2) is 9.69 Å². The van der Waals surface area contributed by atoms with Crippen LogP contribution >= 0.6 is 0 Å². The Kier molecular flexibility index (Phi) is 6.35. The minimum absolute atomic E-state index is 0.106. The Bertz CT molecular complexity index is 1260. The molecule has 2 heterocycles. The second-order valence-corrected chi connectivity index (χ2v) is 7.64. The Morgan fingerprint density at radius 3 is 2.24 bits per heavy atom. The molecule has 0 radical (unpaired) electrons. The SMILES string of the molecule is COc1ccc(NC(=O)CN2C(=O)N/C(=C/c3cc(C)n(-c4ccc(OC)cc4)c3)C2=O)cc1. The molecule has 4 amide bonds. The highest BCUT2D eigenvalue weighted by atomic mass is 16.5. The zero-order valence-corrected chi connectivity index (χ0v) is 19.0. The first-order chi connectivity index (χ1) is 16.4. The molecule has 4 rings (SSSR count). The fourth-order valence-electron chi connectivity index (χ4n) is 3.60. The summed E-state index contributed by atoms with van der Waals surface area (Å²) in [6.45, 7) is 1.54. The fourth-order valence-corrected chi connectivity index (χ4v) is 3.60. The van der Waals surface area contributed by atoms with Crippen molar-refractivity contribution in [1.82, 2.24) is 14.8 Å². The maximum atomic E-state index is 12.8. The fraction of sp³-hybridized carbons (Fsp3) is 0.160. The van der Waals surface area contributed by atoms with Crippen molar-refractivity contribution in [3.05, 3.63) is 77.7 Å². The lowest BCUT2D eigenvalue weighted by Crippen LogP contribution is -2.38. The summed E-state index contributed by atoms with van der Waals surface area (Å²) in [5.41, 5.74) is 3.26. The number of anilines is 1. The maximum absolute atomic E-state index is 12.8. The predicted molar refractivity (Wildman–Crippen MR) is 127 cm³/mol. The Morgan fingerprint density at radius 2 is 1.62 bits per heavy atom. The van der Waals surface area contributed by atoms with Gasteiger partial charge in [-0.1, -0.05) is 0 Å². The lowest BCUT2D eigenvalue weighted by atomic mass is 10.2. The molecule has 2 N–H and O–H groups in total. The van der Waals surface area contributed by atoms with Gasteiger partial charge in [-0.05, 0) is 73.2 Å². The standard InChI is InChI=1S/C25H24N4O5/c1-16-12-17(14-28(16)19-6-10-21(34-3)11-7-19)13-22-24(31)29(25(32)27-22)15-23(30)26-18-4-8-20(33-2)9-5-18/h4-14H,15H2,1-3H3,(H,26,30)(H,27,32)/b22-13+. The average molecular weight is 460 g/mol. The Labute approximate surface area is 196 Å². The van der Waals surface area contributed by atoms with Crippen LogP contribution in [0.2, 0.25) is 0 Å². The molecule has 0 atom stereocenters. The minimum atomic E-state index is -0.646. The highest BCUT2D eigenvalue weighted by Gasteiger charge is 2.35. The average Bonchev–Trinajstić information content (AvgIpc) is 3.33. The Morgan fingerprint density at radius 1 is 1.00 bits per heavy atom. The molecule has 1 fully saturated rings. The number of methoxy groups -OCH3 is 2. The third kappa shape index (κ3) is 4.78. The van der Waals surface area contributed by atoms with Crippen LogP contribution in [0, 0.1) is 6.92 Å². The number of nitrogens with zero attached hydrogens (tertiary/aromatic N) is 2. The van der Waals surface area contributed by atoms with Gasteiger partial charge in [0.25, 0.3) is 5.91 Å². The molecular weight excluding hydrogens is 436 g/mol. The van der Waals surface area contributed by atoms with Gasteiger partial charge in [0.15, 0.2) is 0 Å². The zero-order valence-electron chi connectivity index (χ0n) is 19.0. The third-order valence-electron chi connectivity index (χ3n) is 5.33. The van der Waals surface area contributed by atoms with E-state index in [1.165, 1.54) is 0 Å². The molecule has 0 spiro atoms. The van der Waals surface area contributed by atoms with Crippen molar-refractivity contribution in [1.29, 1.82) is 0 Å². The van der Waals surface area contributed by atoms with E-state index in [1.807, 2.05) is 48.0 Å². The van der Waals surface area contributed by atoms with Crippen LogP contribution in [-0.4, -0.2) is 48.1 Å².